The first-order valence-corrected chi connectivity index (χ1v) is 8.91. The lowest BCUT2D eigenvalue weighted by Gasteiger charge is -2.24. The zero-order valence-corrected chi connectivity index (χ0v) is 15.7. The molecule has 128 valence electrons. The van der Waals surface area contributed by atoms with Crippen molar-refractivity contribution >= 4 is 22.0 Å². The molecule has 0 spiro atoms. The van der Waals surface area contributed by atoms with Gasteiger partial charge in [0.15, 0.2) is 0 Å². The van der Waals surface area contributed by atoms with Gasteiger partial charge < -0.3 is 15.0 Å². The maximum Gasteiger partial charge on any atom is 0.410 e. The third-order valence-electron chi connectivity index (χ3n) is 3.76. The molecule has 2 rings (SSSR count). The molecular weight excluding hydrogens is 358 g/mol. The quantitative estimate of drug-likeness (QED) is 0.789. The zero-order valence-electron chi connectivity index (χ0n) is 14.1. The highest BCUT2D eigenvalue weighted by Crippen LogP contribution is 2.21. The van der Waals surface area contributed by atoms with Gasteiger partial charge in [0.1, 0.15) is 5.60 Å². The SMILES string of the molecule is CC(C)(C)OC(=O)N1CCC(CCNCc2cncc(Br)c2)C1. The first-order valence-electron chi connectivity index (χ1n) is 8.11. The standard InChI is InChI=1S/C17H26BrN3O2/c1-17(2,3)23-16(22)21-7-5-13(12-21)4-6-19-9-14-8-15(18)11-20-10-14/h8,10-11,13,19H,4-7,9,12H2,1-3H3. The minimum Gasteiger partial charge on any atom is -0.444 e. The lowest BCUT2D eigenvalue weighted by molar-refractivity contribution is 0.0287. The van der Waals surface area contributed by atoms with Gasteiger partial charge in [-0.1, -0.05) is 0 Å². The van der Waals surface area contributed by atoms with Gasteiger partial charge in [0.05, 0.1) is 0 Å². The van der Waals surface area contributed by atoms with Gasteiger partial charge in [-0.25, -0.2) is 4.79 Å². The Bertz CT molecular complexity index is 531. The summed E-state index contributed by atoms with van der Waals surface area (Å²) in [5.74, 6) is 0.552. The molecule has 0 bridgehead atoms. The molecule has 1 aromatic rings. The fourth-order valence-electron chi connectivity index (χ4n) is 2.65. The maximum atomic E-state index is 12.0. The van der Waals surface area contributed by atoms with E-state index >= 15 is 0 Å². The third-order valence-corrected chi connectivity index (χ3v) is 4.19. The fraction of sp³-hybridized carbons (Fsp3) is 0.647. The van der Waals surface area contributed by atoms with Gasteiger partial charge in [0, 0.05) is 36.5 Å². The predicted molar refractivity (Wildman–Crippen MR) is 94.2 cm³/mol. The van der Waals surface area contributed by atoms with Crippen LogP contribution >= 0.6 is 15.9 Å². The van der Waals surface area contributed by atoms with Crippen LogP contribution in [0.2, 0.25) is 0 Å². The second-order valence-electron chi connectivity index (χ2n) is 7.06. The lowest BCUT2D eigenvalue weighted by Crippen LogP contribution is -2.35. The van der Waals surface area contributed by atoms with Crippen LogP contribution in [-0.4, -0.2) is 41.2 Å². The van der Waals surface area contributed by atoms with E-state index in [0.717, 1.165) is 43.5 Å². The number of carbonyl (C=O) groups is 1. The Morgan fingerprint density at radius 2 is 2.26 bits per heavy atom. The molecule has 1 aromatic heterocycles. The van der Waals surface area contributed by atoms with E-state index in [0.29, 0.717) is 5.92 Å². The van der Waals surface area contributed by atoms with Crippen LogP contribution in [0.1, 0.15) is 39.2 Å². The summed E-state index contributed by atoms with van der Waals surface area (Å²) >= 11 is 3.43. The van der Waals surface area contributed by atoms with Gasteiger partial charge in [-0.05, 0) is 73.6 Å². The molecular formula is C17H26BrN3O2. The highest BCUT2D eigenvalue weighted by atomic mass is 79.9. The van der Waals surface area contributed by atoms with E-state index in [2.05, 4.69) is 32.3 Å². The molecule has 0 saturated carbocycles. The number of amides is 1. The Kier molecular flexibility index (Phi) is 6.41. The first-order chi connectivity index (χ1) is 10.8. The Hall–Kier alpha value is -1.14. The average Bonchev–Trinajstić information content (AvgIpc) is 2.91. The number of likely N-dealkylation sites (tertiary alicyclic amines) is 1. The number of hydrogen-bond acceptors (Lipinski definition) is 4. The van der Waals surface area contributed by atoms with Crippen LogP contribution in [0.4, 0.5) is 4.79 Å². The third kappa shape index (κ3) is 6.47. The van der Waals surface area contributed by atoms with Crippen molar-refractivity contribution in [2.75, 3.05) is 19.6 Å². The van der Waals surface area contributed by atoms with Crippen LogP contribution in [0.15, 0.2) is 22.9 Å². The van der Waals surface area contributed by atoms with Crippen LogP contribution in [0.25, 0.3) is 0 Å². The van der Waals surface area contributed by atoms with Crippen LogP contribution in [0.3, 0.4) is 0 Å². The predicted octanol–water partition coefficient (Wildman–Crippen LogP) is 3.58. The number of nitrogens with zero attached hydrogens (tertiary/aromatic N) is 2. The van der Waals surface area contributed by atoms with E-state index in [1.165, 1.54) is 5.56 Å². The van der Waals surface area contributed by atoms with Crippen molar-refractivity contribution in [3.8, 4) is 0 Å². The molecule has 1 fully saturated rings. The Morgan fingerprint density at radius 1 is 1.48 bits per heavy atom. The highest BCUT2D eigenvalue weighted by Gasteiger charge is 2.29. The molecule has 0 aliphatic carbocycles. The summed E-state index contributed by atoms with van der Waals surface area (Å²) in [6.07, 6.45) is 5.60. The first kappa shape index (κ1) is 18.2. The molecule has 1 aliphatic rings. The minimum atomic E-state index is -0.422. The molecule has 1 atom stereocenters. The van der Waals surface area contributed by atoms with Crippen molar-refractivity contribution in [1.29, 1.82) is 0 Å². The second kappa shape index (κ2) is 8.11. The Morgan fingerprint density at radius 3 is 2.96 bits per heavy atom. The van der Waals surface area contributed by atoms with Crippen LogP contribution in [0, 0.1) is 5.92 Å². The second-order valence-corrected chi connectivity index (χ2v) is 7.97. The number of ether oxygens (including phenoxy) is 1. The summed E-state index contributed by atoms with van der Waals surface area (Å²) in [5.41, 5.74) is 0.746. The molecule has 1 amide bonds. The van der Waals surface area contributed by atoms with E-state index in [1.807, 2.05) is 31.9 Å². The number of halogens is 1. The number of aromatic nitrogens is 1. The minimum absolute atomic E-state index is 0.187. The normalized spacial score (nSPS) is 18.3. The van der Waals surface area contributed by atoms with Crippen molar-refractivity contribution in [3.63, 3.8) is 0 Å². The van der Waals surface area contributed by atoms with Gasteiger partial charge in [0.25, 0.3) is 0 Å². The van der Waals surface area contributed by atoms with Gasteiger partial charge in [-0.15, -0.1) is 0 Å². The van der Waals surface area contributed by atoms with Crippen molar-refractivity contribution in [3.05, 3.63) is 28.5 Å². The van der Waals surface area contributed by atoms with Crippen molar-refractivity contribution in [2.45, 2.75) is 45.8 Å². The van der Waals surface area contributed by atoms with Gasteiger partial charge in [-0.2, -0.15) is 0 Å². The van der Waals surface area contributed by atoms with Gasteiger partial charge >= 0.3 is 6.09 Å². The summed E-state index contributed by atoms with van der Waals surface area (Å²) in [7, 11) is 0. The van der Waals surface area contributed by atoms with Crippen molar-refractivity contribution in [2.24, 2.45) is 5.92 Å². The smallest absolute Gasteiger partial charge is 0.410 e. The summed E-state index contributed by atoms with van der Waals surface area (Å²) in [5, 5.41) is 3.44. The Balaban J connectivity index is 1.65. The van der Waals surface area contributed by atoms with Crippen LogP contribution < -0.4 is 5.32 Å². The van der Waals surface area contributed by atoms with Gasteiger partial charge in [-0.3, -0.25) is 4.98 Å². The molecule has 1 saturated heterocycles. The maximum absolute atomic E-state index is 12.0. The molecule has 0 aromatic carbocycles. The molecule has 1 unspecified atom stereocenters. The zero-order chi connectivity index (χ0) is 16.9. The number of pyridine rings is 1. The molecule has 1 N–H and O–H groups in total. The van der Waals surface area contributed by atoms with E-state index in [-0.39, 0.29) is 6.09 Å². The largest absolute Gasteiger partial charge is 0.444 e. The summed E-state index contributed by atoms with van der Waals surface area (Å²) in [4.78, 5) is 18.0. The molecule has 6 heteroatoms. The van der Waals surface area contributed by atoms with Crippen molar-refractivity contribution in [1.82, 2.24) is 15.2 Å². The lowest BCUT2D eigenvalue weighted by atomic mass is 10.1. The van der Waals surface area contributed by atoms with Crippen molar-refractivity contribution < 1.29 is 9.53 Å². The van der Waals surface area contributed by atoms with Gasteiger partial charge in [0.2, 0.25) is 0 Å². The summed E-state index contributed by atoms with van der Waals surface area (Å²) in [6.45, 7) is 9.07. The molecule has 1 aliphatic heterocycles. The number of hydrogen-bond donors (Lipinski definition) is 1. The van der Waals surface area contributed by atoms with Crippen LogP contribution in [0.5, 0.6) is 0 Å². The molecule has 23 heavy (non-hydrogen) atoms. The van der Waals surface area contributed by atoms with E-state index in [4.69, 9.17) is 4.74 Å². The van der Waals surface area contributed by atoms with E-state index < -0.39 is 5.60 Å². The summed E-state index contributed by atoms with van der Waals surface area (Å²) in [6, 6.07) is 2.07. The molecule has 0 radical (unpaired) electrons. The number of carbonyl (C=O) groups excluding carboxylic acids is 1. The summed E-state index contributed by atoms with van der Waals surface area (Å²) < 4.78 is 6.43. The Labute approximate surface area is 146 Å². The molecule has 5 nitrogen and oxygen atoms in total. The van der Waals surface area contributed by atoms with E-state index in [9.17, 15) is 4.79 Å². The number of rotatable bonds is 5. The fourth-order valence-corrected chi connectivity index (χ4v) is 3.06. The number of nitrogens with one attached hydrogen (secondary N) is 1. The average molecular weight is 384 g/mol. The van der Waals surface area contributed by atoms with Crippen LogP contribution in [-0.2, 0) is 11.3 Å². The molecule has 2 heterocycles. The monoisotopic (exact) mass is 383 g/mol. The highest BCUT2D eigenvalue weighted by molar-refractivity contribution is 9.10. The topological polar surface area (TPSA) is 54.5 Å². The van der Waals surface area contributed by atoms with E-state index in [1.54, 1.807) is 6.20 Å².